The molecule has 0 saturated carbocycles. The first-order valence-electron chi connectivity index (χ1n) is 6.78. The summed E-state index contributed by atoms with van der Waals surface area (Å²) in [6, 6.07) is 6.82. The highest BCUT2D eigenvalue weighted by molar-refractivity contribution is 6.30. The number of halogens is 4. The van der Waals surface area contributed by atoms with Gasteiger partial charge in [0.1, 0.15) is 5.56 Å². The van der Waals surface area contributed by atoms with Crippen molar-refractivity contribution in [2.24, 2.45) is 0 Å². The average molecular weight is 346 g/mol. The van der Waals surface area contributed by atoms with Crippen LogP contribution in [0.4, 0.5) is 24.8 Å². The highest BCUT2D eigenvalue weighted by atomic mass is 35.5. The first-order chi connectivity index (χ1) is 10.7. The van der Waals surface area contributed by atoms with Crippen molar-refractivity contribution in [3.05, 3.63) is 41.0 Å². The molecule has 23 heavy (non-hydrogen) atoms. The molecule has 0 fully saturated rings. The molecule has 0 aliphatic heterocycles. The summed E-state index contributed by atoms with van der Waals surface area (Å²) in [6.45, 7) is 3.26. The Balaban J connectivity index is 2.44. The smallest absolute Gasteiger partial charge is 0.423 e. The zero-order valence-electron chi connectivity index (χ0n) is 12.7. The monoisotopic (exact) mass is 345 g/mol. The van der Waals surface area contributed by atoms with Gasteiger partial charge >= 0.3 is 6.18 Å². The number of alkyl halides is 3. The van der Waals surface area contributed by atoms with Crippen LogP contribution >= 0.6 is 11.6 Å². The van der Waals surface area contributed by atoms with Crippen molar-refractivity contribution in [3.8, 4) is 5.88 Å². The molecule has 0 aliphatic carbocycles. The second kappa shape index (κ2) is 6.62. The molecule has 0 radical (unpaired) electrons. The Kier molecular flexibility index (Phi) is 4.99. The van der Waals surface area contributed by atoms with Gasteiger partial charge in [-0.15, -0.1) is 0 Å². The van der Waals surface area contributed by atoms with Gasteiger partial charge in [0.25, 0.3) is 0 Å². The standard InChI is InChI=1S/C15H15ClF3N3O/c1-9(2)23-13-12(15(17,18)19)8-20-14(21-13)22(3)11-6-4-5-10(16)7-11/h4-9H,1-3H3. The quantitative estimate of drug-likeness (QED) is 0.804. The zero-order valence-corrected chi connectivity index (χ0v) is 13.5. The molecule has 0 N–H and O–H groups in total. The van der Waals surface area contributed by atoms with E-state index in [1.165, 1.54) is 4.90 Å². The van der Waals surface area contributed by atoms with Crippen molar-refractivity contribution in [1.29, 1.82) is 0 Å². The minimum atomic E-state index is -4.59. The van der Waals surface area contributed by atoms with Crippen molar-refractivity contribution in [2.45, 2.75) is 26.1 Å². The van der Waals surface area contributed by atoms with Gasteiger partial charge in [-0.05, 0) is 32.0 Å². The van der Waals surface area contributed by atoms with Gasteiger partial charge in [0.15, 0.2) is 0 Å². The Morgan fingerprint density at radius 1 is 1.26 bits per heavy atom. The first-order valence-corrected chi connectivity index (χ1v) is 7.16. The summed E-state index contributed by atoms with van der Waals surface area (Å²) < 4.78 is 44.2. The largest absolute Gasteiger partial charge is 0.474 e. The topological polar surface area (TPSA) is 38.2 Å². The van der Waals surface area contributed by atoms with Gasteiger partial charge in [-0.2, -0.15) is 18.2 Å². The normalized spacial score (nSPS) is 11.7. The predicted molar refractivity (Wildman–Crippen MR) is 82.3 cm³/mol. The Morgan fingerprint density at radius 2 is 1.96 bits per heavy atom. The number of anilines is 2. The molecule has 1 aromatic carbocycles. The maximum atomic E-state index is 13.0. The second-order valence-electron chi connectivity index (χ2n) is 5.09. The van der Waals surface area contributed by atoms with Crippen molar-refractivity contribution in [2.75, 3.05) is 11.9 Å². The summed E-state index contributed by atoms with van der Waals surface area (Å²) in [5.74, 6) is -0.415. The SMILES string of the molecule is CC(C)Oc1nc(N(C)c2cccc(Cl)c2)ncc1C(F)(F)F. The molecule has 1 heterocycles. The van der Waals surface area contributed by atoms with Gasteiger partial charge in [0.2, 0.25) is 11.8 Å². The molecule has 4 nitrogen and oxygen atoms in total. The van der Waals surface area contributed by atoms with Crippen LogP contribution in [0.5, 0.6) is 5.88 Å². The second-order valence-corrected chi connectivity index (χ2v) is 5.53. The van der Waals surface area contributed by atoms with Crippen molar-refractivity contribution in [1.82, 2.24) is 9.97 Å². The minimum Gasteiger partial charge on any atom is -0.474 e. The van der Waals surface area contributed by atoms with E-state index in [2.05, 4.69) is 9.97 Å². The Labute approximate surface area is 136 Å². The van der Waals surface area contributed by atoms with Gasteiger partial charge in [-0.25, -0.2) is 4.98 Å². The molecule has 0 unspecified atom stereocenters. The van der Waals surface area contributed by atoms with Crippen LogP contribution in [0.3, 0.4) is 0 Å². The first kappa shape index (κ1) is 17.3. The highest BCUT2D eigenvalue weighted by Crippen LogP contribution is 2.36. The molecule has 0 atom stereocenters. The molecule has 0 amide bonds. The van der Waals surface area contributed by atoms with E-state index in [1.807, 2.05) is 0 Å². The van der Waals surface area contributed by atoms with Crippen LogP contribution in [0, 0.1) is 0 Å². The molecular formula is C15H15ClF3N3O. The number of hydrogen-bond acceptors (Lipinski definition) is 4. The summed E-state index contributed by atoms with van der Waals surface area (Å²) in [6.07, 6.45) is -4.31. The summed E-state index contributed by atoms with van der Waals surface area (Å²) in [4.78, 5) is 9.23. The van der Waals surface area contributed by atoms with Crippen LogP contribution in [0.15, 0.2) is 30.5 Å². The lowest BCUT2D eigenvalue weighted by Gasteiger charge is -2.20. The summed E-state index contributed by atoms with van der Waals surface area (Å²) in [7, 11) is 1.63. The van der Waals surface area contributed by atoms with Crippen LogP contribution in [0.25, 0.3) is 0 Å². The number of rotatable bonds is 4. The Morgan fingerprint density at radius 3 is 2.52 bits per heavy atom. The van der Waals surface area contributed by atoms with Gasteiger partial charge in [-0.1, -0.05) is 17.7 Å². The van der Waals surface area contributed by atoms with E-state index in [9.17, 15) is 13.2 Å². The summed E-state index contributed by atoms with van der Waals surface area (Å²) in [5, 5.41) is 0.500. The fraction of sp³-hybridized carbons (Fsp3) is 0.333. The fourth-order valence-electron chi connectivity index (χ4n) is 1.83. The van der Waals surface area contributed by atoms with E-state index in [4.69, 9.17) is 16.3 Å². The van der Waals surface area contributed by atoms with Crippen LogP contribution in [0.1, 0.15) is 19.4 Å². The van der Waals surface area contributed by atoms with Gasteiger partial charge < -0.3 is 9.64 Å². The zero-order chi connectivity index (χ0) is 17.2. The lowest BCUT2D eigenvalue weighted by atomic mass is 10.3. The molecule has 0 bridgehead atoms. The van der Waals surface area contributed by atoms with Gasteiger partial charge in [0.05, 0.1) is 6.10 Å². The molecule has 0 spiro atoms. The number of nitrogens with zero attached hydrogens (tertiary/aromatic N) is 3. The van der Waals surface area contributed by atoms with Crippen LogP contribution in [-0.2, 0) is 6.18 Å². The molecule has 0 aliphatic rings. The average Bonchev–Trinajstić information content (AvgIpc) is 2.44. The summed E-state index contributed by atoms with van der Waals surface area (Å²) >= 11 is 5.92. The minimum absolute atomic E-state index is 0.0796. The van der Waals surface area contributed by atoms with E-state index in [0.29, 0.717) is 10.7 Å². The molecule has 0 saturated heterocycles. The lowest BCUT2D eigenvalue weighted by molar-refractivity contribution is -0.139. The van der Waals surface area contributed by atoms with E-state index in [1.54, 1.807) is 45.2 Å². The van der Waals surface area contributed by atoms with Crippen LogP contribution in [-0.4, -0.2) is 23.1 Å². The number of hydrogen-bond donors (Lipinski definition) is 0. The molecular weight excluding hydrogens is 331 g/mol. The van der Waals surface area contributed by atoms with Gasteiger partial charge in [0, 0.05) is 24.0 Å². The summed E-state index contributed by atoms with van der Waals surface area (Å²) in [5.41, 5.74) is -0.359. The van der Waals surface area contributed by atoms with E-state index >= 15 is 0 Å². The lowest BCUT2D eigenvalue weighted by Crippen LogP contribution is -2.19. The van der Waals surface area contributed by atoms with E-state index < -0.39 is 23.7 Å². The van der Waals surface area contributed by atoms with Crippen molar-refractivity contribution in [3.63, 3.8) is 0 Å². The highest BCUT2D eigenvalue weighted by Gasteiger charge is 2.36. The molecule has 8 heteroatoms. The molecule has 124 valence electrons. The fourth-order valence-corrected chi connectivity index (χ4v) is 2.01. The maximum absolute atomic E-state index is 13.0. The molecule has 2 rings (SSSR count). The number of aromatic nitrogens is 2. The van der Waals surface area contributed by atoms with Gasteiger partial charge in [-0.3, -0.25) is 0 Å². The third-order valence-corrected chi connectivity index (χ3v) is 3.12. The van der Waals surface area contributed by atoms with E-state index in [0.717, 1.165) is 6.20 Å². The third kappa shape index (κ3) is 4.25. The van der Waals surface area contributed by atoms with Crippen LogP contribution < -0.4 is 9.64 Å². The van der Waals surface area contributed by atoms with Crippen LogP contribution in [0.2, 0.25) is 5.02 Å². The number of benzene rings is 1. The molecule has 2 aromatic rings. The number of ether oxygens (including phenoxy) is 1. The van der Waals surface area contributed by atoms with Crippen molar-refractivity contribution >= 4 is 23.2 Å². The van der Waals surface area contributed by atoms with Crippen molar-refractivity contribution < 1.29 is 17.9 Å². The third-order valence-electron chi connectivity index (χ3n) is 2.89. The Hall–Kier alpha value is -2.02. The maximum Gasteiger partial charge on any atom is 0.423 e. The molecule has 1 aromatic heterocycles. The Bertz CT molecular complexity index is 692. The predicted octanol–water partition coefficient (Wildman–Crippen LogP) is 4.70. The van der Waals surface area contributed by atoms with E-state index in [-0.39, 0.29) is 5.95 Å².